The zero-order valence-electron chi connectivity index (χ0n) is 16.9. The van der Waals surface area contributed by atoms with Crippen molar-refractivity contribution in [1.29, 1.82) is 0 Å². The van der Waals surface area contributed by atoms with Gasteiger partial charge in [-0.15, -0.1) is 11.3 Å². The normalized spacial score (nSPS) is 17.9. The van der Waals surface area contributed by atoms with Crippen molar-refractivity contribution in [1.82, 2.24) is 15.5 Å². The van der Waals surface area contributed by atoms with Crippen molar-refractivity contribution in [3.05, 3.63) is 22.4 Å². The van der Waals surface area contributed by atoms with Crippen LogP contribution in [0.4, 0.5) is 4.79 Å². The summed E-state index contributed by atoms with van der Waals surface area (Å²) in [5.74, 6) is 0.0784. The molecular weight excluding hydrogens is 378 g/mol. The first-order valence-electron chi connectivity index (χ1n) is 9.94. The molecule has 1 fully saturated rings. The molecule has 3 amide bonds. The van der Waals surface area contributed by atoms with Crippen LogP contribution in [-0.2, 0) is 9.53 Å². The van der Waals surface area contributed by atoms with Crippen LogP contribution >= 0.6 is 11.3 Å². The van der Waals surface area contributed by atoms with E-state index >= 15 is 0 Å². The van der Waals surface area contributed by atoms with Gasteiger partial charge in [0.2, 0.25) is 5.91 Å². The van der Waals surface area contributed by atoms with E-state index in [1.807, 2.05) is 17.5 Å². The number of piperidine rings is 1. The van der Waals surface area contributed by atoms with Crippen molar-refractivity contribution >= 4 is 29.2 Å². The summed E-state index contributed by atoms with van der Waals surface area (Å²) in [4.78, 5) is 39.4. The Hall–Kier alpha value is -2.09. The molecule has 1 aromatic heterocycles. The van der Waals surface area contributed by atoms with E-state index in [-0.39, 0.29) is 23.8 Å². The number of nitrogens with one attached hydrogen (secondary N) is 2. The fourth-order valence-corrected chi connectivity index (χ4v) is 4.09. The van der Waals surface area contributed by atoms with Gasteiger partial charge in [0.05, 0.1) is 17.4 Å². The first-order valence-corrected chi connectivity index (χ1v) is 10.8. The maximum atomic E-state index is 12.7. The number of likely N-dealkylation sites (tertiary alicyclic amines) is 1. The van der Waals surface area contributed by atoms with E-state index in [2.05, 4.69) is 24.5 Å². The van der Waals surface area contributed by atoms with Gasteiger partial charge in [-0.05, 0) is 43.6 Å². The summed E-state index contributed by atoms with van der Waals surface area (Å²) in [5, 5.41) is 7.65. The van der Waals surface area contributed by atoms with Crippen LogP contribution in [0.2, 0.25) is 0 Å². The maximum absolute atomic E-state index is 12.7. The number of carbonyl (C=O) groups excluding carboxylic acids is 3. The Bertz CT molecular complexity index is 648. The Balaban J connectivity index is 1.87. The zero-order chi connectivity index (χ0) is 20.5. The van der Waals surface area contributed by atoms with Crippen LogP contribution in [0.15, 0.2) is 17.5 Å². The highest BCUT2D eigenvalue weighted by Gasteiger charge is 2.29. The van der Waals surface area contributed by atoms with E-state index < -0.39 is 6.09 Å². The predicted octanol–water partition coefficient (Wildman–Crippen LogP) is 2.88. The third-order valence-corrected chi connectivity index (χ3v) is 5.55. The third-order valence-electron chi connectivity index (χ3n) is 4.69. The highest BCUT2D eigenvalue weighted by Crippen LogP contribution is 2.20. The topological polar surface area (TPSA) is 87.7 Å². The predicted molar refractivity (Wildman–Crippen MR) is 109 cm³/mol. The second-order valence-electron chi connectivity index (χ2n) is 7.50. The number of hydrogen-bond acceptors (Lipinski definition) is 5. The number of rotatable bonds is 8. The van der Waals surface area contributed by atoms with Crippen LogP contribution in [0.3, 0.4) is 0 Å². The molecule has 1 aliphatic heterocycles. The number of hydrogen-bond donors (Lipinski definition) is 2. The largest absolute Gasteiger partial charge is 0.450 e. The molecule has 0 saturated carbocycles. The molecule has 0 spiro atoms. The summed E-state index contributed by atoms with van der Waals surface area (Å²) in [6.07, 6.45) is 1.85. The van der Waals surface area contributed by atoms with E-state index in [9.17, 15) is 14.4 Å². The molecule has 0 radical (unpaired) electrons. The van der Waals surface area contributed by atoms with E-state index in [0.717, 1.165) is 19.3 Å². The highest BCUT2D eigenvalue weighted by molar-refractivity contribution is 7.12. The molecule has 7 nitrogen and oxygen atoms in total. The van der Waals surface area contributed by atoms with Crippen molar-refractivity contribution < 1.29 is 19.1 Å². The van der Waals surface area contributed by atoms with Crippen LogP contribution in [0, 0.1) is 11.8 Å². The van der Waals surface area contributed by atoms with E-state index in [1.54, 1.807) is 11.8 Å². The van der Waals surface area contributed by atoms with Gasteiger partial charge >= 0.3 is 6.09 Å². The molecule has 1 aromatic rings. The van der Waals surface area contributed by atoms with Gasteiger partial charge in [0.1, 0.15) is 0 Å². The van der Waals surface area contributed by atoms with Crippen LogP contribution < -0.4 is 10.6 Å². The van der Waals surface area contributed by atoms with Crippen LogP contribution in [-0.4, -0.2) is 55.1 Å². The van der Waals surface area contributed by atoms with Gasteiger partial charge in [-0.1, -0.05) is 19.9 Å². The molecule has 2 heterocycles. The number of thiophene rings is 1. The van der Waals surface area contributed by atoms with Gasteiger partial charge in [-0.2, -0.15) is 0 Å². The second kappa shape index (κ2) is 11.0. The van der Waals surface area contributed by atoms with Crippen LogP contribution in [0.1, 0.15) is 49.7 Å². The van der Waals surface area contributed by atoms with Gasteiger partial charge in [0.25, 0.3) is 5.91 Å². The maximum Gasteiger partial charge on any atom is 0.407 e. The quantitative estimate of drug-likeness (QED) is 0.691. The lowest BCUT2D eigenvalue weighted by Gasteiger charge is -2.32. The average Bonchev–Trinajstić information content (AvgIpc) is 3.20. The Morgan fingerprint density at radius 3 is 2.79 bits per heavy atom. The van der Waals surface area contributed by atoms with Gasteiger partial charge in [0.15, 0.2) is 0 Å². The molecule has 2 atom stereocenters. The van der Waals surface area contributed by atoms with Crippen molar-refractivity contribution in [3.63, 3.8) is 0 Å². The van der Waals surface area contributed by atoms with Crippen molar-refractivity contribution in [3.8, 4) is 0 Å². The van der Waals surface area contributed by atoms with Crippen molar-refractivity contribution in [2.24, 2.45) is 11.8 Å². The van der Waals surface area contributed by atoms with Crippen molar-refractivity contribution in [2.75, 3.05) is 26.2 Å². The third kappa shape index (κ3) is 6.82. The summed E-state index contributed by atoms with van der Waals surface area (Å²) in [5.41, 5.74) is 0. The van der Waals surface area contributed by atoms with Crippen molar-refractivity contribution in [2.45, 2.75) is 46.1 Å². The Morgan fingerprint density at radius 1 is 1.36 bits per heavy atom. The molecule has 8 heteroatoms. The molecule has 1 aliphatic rings. The molecule has 2 rings (SSSR count). The summed E-state index contributed by atoms with van der Waals surface area (Å²) in [6, 6.07) is 3.49. The Morgan fingerprint density at radius 2 is 2.14 bits per heavy atom. The second-order valence-corrected chi connectivity index (χ2v) is 8.45. The number of ether oxygens (including phenoxy) is 1. The highest BCUT2D eigenvalue weighted by atomic mass is 32.1. The molecule has 156 valence electrons. The van der Waals surface area contributed by atoms with Gasteiger partial charge < -0.3 is 20.3 Å². The lowest BCUT2D eigenvalue weighted by molar-refractivity contribution is -0.126. The minimum Gasteiger partial charge on any atom is -0.450 e. The van der Waals surface area contributed by atoms with Crippen LogP contribution in [0.25, 0.3) is 0 Å². The molecular formula is C20H31N3O4S. The van der Waals surface area contributed by atoms with E-state index in [4.69, 9.17) is 4.74 Å². The fraction of sp³-hybridized carbons (Fsp3) is 0.650. The van der Waals surface area contributed by atoms with Gasteiger partial charge in [-0.3, -0.25) is 9.59 Å². The molecule has 0 aliphatic carbocycles. The lowest BCUT2D eigenvalue weighted by atomic mass is 9.96. The SMILES string of the molecule is CCOC(=O)NC(CNC(=O)C1CCCN(C(=O)c2cccs2)C1)CC(C)C. The first-order chi connectivity index (χ1) is 13.4. The Kier molecular flexibility index (Phi) is 8.76. The summed E-state index contributed by atoms with van der Waals surface area (Å²) in [7, 11) is 0. The molecule has 2 unspecified atom stereocenters. The summed E-state index contributed by atoms with van der Waals surface area (Å²) >= 11 is 1.42. The molecule has 0 aromatic carbocycles. The molecule has 0 bridgehead atoms. The minimum absolute atomic E-state index is 0.00541. The average molecular weight is 410 g/mol. The smallest absolute Gasteiger partial charge is 0.407 e. The number of alkyl carbamates (subject to hydrolysis) is 1. The molecule has 2 N–H and O–H groups in total. The summed E-state index contributed by atoms with van der Waals surface area (Å²) < 4.78 is 4.95. The molecule has 28 heavy (non-hydrogen) atoms. The monoisotopic (exact) mass is 409 g/mol. The first kappa shape index (κ1) is 22.2. The number of carbonyl (C=O) groups is 3. The minimum atomic E-state index is -0.465. The lowest BCUT2D eigenvalue weighted by Crippen LogP contribution is -2.49. The van der Waals surface area contributed by atoms with Gasteiger partial charge in [-0.25, -0.2) is 4.79 Å². The summed E-state index contributed by atoms with van der Waals surface area (Å²) in [6.45, 7) is 7.66. The van der Waals surface area contributed by atoms with E-state index in [1.165, 1.54) is 11.3 Å². The molecule has 1 saturated heterocycles. The Labute approximate surface area is 170 Å². The van der Waals surface area contributed by atoms with Crippen LogP contribution in [0.5, 0.6) is 0 Å². The standard InChI is InChI=1S/C20H31N3O4S/c1-4-27-20(26)22-16(11-14(2)3)12-21-18(24)15-7-5-9-23(13-15)19(25)17-8-6-10-28-17/h6,8,10,14-16H,4-5,7,9,11-13H2,1-3H3,(H,21,24)(H,22,26). The number of amides is 3. The van der Waals surface area contributed by atoms with E-state index in [0.29, 0.717) is 37.0 Å². The van der Waals surface area contributed by atoms with Gasteiger partial charge in [0, 0.05) is 25.7 Å². The fourth-order valence-electron chi connectivity index (χ4n) is 3.40. The zero-order valence-corrected chi connectivity index (χ0v) is 17.7. The number of nitrogens with zero attached hydrogens (tertiary/aromatic N) is 1.